The minimum atomic E-state index is -1.43. The lowest BCUT2D eigenvalue weighted by Crippen LogP contribution is -2.33. The standard InChI is InChI=1S/C50H77NO8S2/c1-5-7-11-34-13-17-36(18-14-34)38-21-25-40(26-22-38)47(53)58-42-29-30-43(46-45(42)60-50(61-46)44(51-4)49(55)57-32-10-9-31-56-33(3)52)59-48(54)41-27-23-39(24-28-41)37-19-15-35(16-20-37)12-8-6-2/h29-30,33-41,45-46,49,52,55H,5-28,31-32H2,1-3H3/t33?,34?,35?,36?,37?,38?,39?,40?,41?,45?,46?,49-/m1/s1. The molecule has 342 valence electrons. The van der Waals surface area contributed by atoms with E-state index in [9.17, 15) is 19.8 Å². The summed E-state index contributed by atoms with van der Waals surface area (Å²) in [6.07, 6.45) is 29.0. The van der Waals surface area contributed by atoms with Crippen LogP contribution in [-0.2, 0) is 28.5 Å². The number of hydrogen-bond acceptors (Lipinski definition) is 10. The number of esters is 2. The lowest BCUT2D eigenvalue weighted by atomic mass is 9.68. The van der Waals surface area contributed by atoms with Gasteiger partial charge in [-0.2, -0.15) is 0 Å². The number of aliphatic hydroxyl groups is 2. The van der Waals surface area contributed by atoms with Gasteiger partial charge < -0.3 is 29.2 Å². The van der Waals surface area contributed by atoms with Crippen LogP contribution in [0.4, 0.5) is 0 Å². The van der Waals surface area contributed by atoms with Crippen molar-refractivity contribution >= 4 is 35.5 Å². The Morgan fingerprint density at radius 1 is 0.639 bits per heavy atom. The van der Waals surface area contributed by atoms with Crippen molar-refractivity contribution in [2.45, 2.75) is 198 Å². The molecule has 0 radical (unpaired) electrons. The average Bonchev–Trinajstić information content (AvgIpc) is 3.73. The summed E-state index contributed by atoms with van der Waals surface area (Å²) in [5, 5.41) is 19.6. The van der Waals surface area contributed by atoms with Gasteiger partial charge in [-0.15, -0.1) is 23.5 Å². The van der Waals surface area contributed by atoms with Crippen molar-refractivity contribution in [2.24, 2.45) is 47.3 Å². The molecule has 1 aliphatic heterocycles. The van der Waals surface area contributed by atoms with Crippen molar-refractivity contribution in [2.75, 3.05) is 13.2 Å². The number of ether oxygens (including phenoxy) is 4. The van der Waals surface area contributed by atoms with Crippen molar-refractivity contribution in [3.05, 3.63) is 45.0 Å². The highest BCUT2D eigenvalue weighted by molar-refractivity contribution is 8.26. The fourth-order valence-electron chi connectivity index (χ4n) is 11.3. The molecule has 0 spiro atoms. The van der Waals surface area contributed by atoms with Crippen molar-refractivity contribution < 1.29 is 38.7 Å². The highest BCUT2D eigenvalue weighted by Crippen LogP contribution is 2.56. The molecule has 6 rings (SSSR count). The molecule has 6 aliphatic rings. The number of carbonyl (C=O) groups is 2. The largest absolute Gasteiger partial charge is 0.430 e. The molecule has 5 aliphatic carbocycles. The number of carbonyl (C=O) groups excluding carboxylic acids is 2. The number of unbranched alkanes of at least 4 members (excludes halogenated alkanes) is 3. The molecular weight excluding hydrogens is 807 g/mol. The summed E-state index contributed by atoms with van der Waals surface area (Å²) in [4.78, 5) is 31.4. The first kappa shape index (κ1) is 48.6. The molecule has 1 heterocycles. The zero-order chi connectivity index (χ0) is 43.1. The summed E-state index contributed by atoms with van der Waals surface area (Å²) >= 11 is 2.75. The summed E-state index contributed by atoms with van der Waals surface area (Å²) in [6.45, 7) is 14.7. The third-order valence-corrected chi connectivity index (χ3v) is 18.3. The van der Waals surface area contributed by atoms with Crippen LogP contribution in [0.2, 0.25) is 0 Å². The minimum Gasteiger partial charge on any atom is -0.430 e. The van der Waals surface area contributed by atoms with E-state index in [1.165, 1.54) is 113 Å². The van der Waals surface area contributed by atoms with Crippen LogP contribution in [0.5, 0.6) is 0 Å². The van der Waals surface area contributed by atoms with Crippen LogP contribution in [0.1, 0.15) is 175 Å². The van der Waals surface area contributed by atoms with Gasteiger partial charge in [0.1, 0.15) is 11.5 Å². The number of allylic oxidation sites excluding steroid dienone is 2. The van der Waals surface area contributed by atoms with Gasteiger partial charge in [0.25, 0.3) is 0 Å². The quantitative estimate of drug-likeness (QED) is 0.0530. The number of thioether (sulfide) groups is 2. The van der Waals surface area contributed by atoms with E-state index in [1.54, 1.807) is 19.1 Å². The van der Waals surface area contributed by atoms with E-state index < -0.39 is 23.1 Å². The van der Waals surface area contributed by atoms with Crippen molar-refractivity contribution in [3.8, 4) is 0 Å². The molecule has 0 aromatic rings. The van der Waals surface area contributed by atoms with Crippen LogP contribution >= 0.6 is 23.5 Å². The van der Waals surface area contributed by atoms with Crippen LogP contribution in [0, 0.1) is 53.9 Å². The van der Waals surface area contributed by atoms with Gasteiger partial charge in [0.2, 0.25) is 5.70 Å². The second kappa shape index (κ2) is 25.0. The molecule has 1 saturated heterocycles. The van der Waals surface area contributed by atoms with Gasteiger partial charge in [0.05, 0.1) is 28.9 Å². The van der Waals surface area contributed by atoms with E-state index in [0.717, 1.165) is 75.0 Å². The molecule has 0 amide bonds. The lowest BCUT2D eigenvalue weighted by Gasteiger charge is -2.37. The second-order valence-corrected chi connectivity index (χ2v) is 21.9. The molecule has 2 N–H and O–H groups in total. The maximum absolute atomic E-state index is 13.8. The zero-order valence-electron chi connectivity index (χ0n) is 37.6. The van der Waals surface area contributed by atoms with Crippen molar-refractivity contribution in [3.63, 3.8) is 0 Å². The Morgan fingerprint density at radius 2 is 1.03 bits per heavy atom. The molecular formula is C50H77NO8S2. The molecule has 4 saturated carbocycles. The third-order valence-electron chi connectivity index (χ3n) is 15.1. The van der Waals surface area contributed by atoms with Crippen molar-refractivity contribution in [1.82, 2.24) is 0 Å². The van der Waals surface area contributed by atoms with Gasteiger partial charge >= 0.3 is 11.9 Å². The summed E-state index contributed by atoms with van der Waals surface area (Å²) in [5.41, 5.74) is 0.0800. The van der Waals surface area contributed by atoms with E-state index in [4.69, 9.17) is 25.5 Å². The highest BCUT2D eigenvalue weighted by Gasteiger charge is 2.46. The van der Waals surface area contributed by atoms with Gasteiger partial charge in [-0.1, -0.05) is 78.1 Å². The second-order valence-electron chi connectivity index (χ2n) is 19.3. The third kappa shape index (κ3) is 14.1. The van der Waals surface area contributed by atoms with Gasteiger partial charge in [0, 0.05) is 17.5 Å². The first-order valence-electron chi connectivity index (χ1n) is 24.6. The Morgan fingerprint density at radius 3 is 1.41 bits per heavy atom. The fourth-order valence-corrected chi connectivity index (χ4v) is 14.5. The van der Waals surface area contributed by atoms with Gasteiger partial charge in [-0.25, -0.2) is 4.85 Å². The molecule has 11 heteroatoms. The first-order chi connectivity index (χ1) is 29.7. The number of hydrogen-bond donors (Lipinski definition) is 2. The van der Waals surface area contributed by atoms with Crippen LogP contribution in [0.15, 0.2) is 33.6 Å². The first-order valence-corrected chi connectivity index (χ1v) is 26.3. The molecule has 0 bridgehead atoms. The minimum absolute atomic E-state index is 0.0800. The smallest absolute Gasteiger partial charge is 0.314 e. The van der Waals surface area contributed by atoms with E-state index in [2.05, 4.69) is 18.7 Å². The van der Waals surface area contributed by atoms with Crippen LogP contribution < -0.4 is 0 Å². The number of rotatable bonds is 20. The molecule has 5 fully saturated rings. The van der Waals surface area contributed by atoms with Crippen LogP contribution in [0.25, 0.3) is 4.85 Å². The Balaban J connectivity index is 1.06. The molecule has 0 aromatic carbocycles. The summed E-state index contributed by atoms with van der Waals surface area (Å²) in [6, 6.07) is 0. The van der Waals surface area contributed by atoms with Gasteiger partial charge in [-0.3, -0.25) is 9.59 Å². The predicted octanol–water partition coefficient (Wildman–Crippen LogP) is 12.2. The van der Waals surface area contributed by atoms with Crippen LogP contribution in [0.3, 0.4) is 0 Å². The Hall–Kier alpha value is -1.81. The van der Waals surface area contributed by atoms with Crippen molar-refractivity contribution in [1.29, 1.82) is 0 Å². The fraction of sp³-hybridized carbons (Fsp3) is 0.820. The zero-order valence-corrected chi connectivity index (χ0v) is 39.2. The highest BCUT2D eigenvalue weighted by atomic mass is 32.2. The molecule has 9 nitrogen and oxygen atoms in total. The summed E-state index contributed by atoms with van der Waals surface area (Å²) < 4.78 is 24.0. The molecule has 3 unspecified atom stereocenters. The maximum atomic E-state index is 13.8. The molecule has 0 aromatic heterocycles. The van der Waals surface area contributed by atoms with Gasteiger partial charge in [-0.05, 0) is 144 Å². The van der Waals surface area contributed by atoms with E-state index in [-0.39, 0.29) is 36.1 Å². The average molecular weight is 884 g/mol. The Bertz CT molecular complexity index is 1440. The Kier molecular flexibility index (Phi) is 20.0. The van der Waals surface area contributed by atoms with E-state index >= 15 is 0 Å². The van der Waals surface area contributed by atoms with Gasteiger partial charge in [0.15, 0.2) is 12.6 Å². The lowest BCUT2D eigenvalue weighted by molar-refractivity contribution is -0.147. The molecule has 4 atom stereocenters. The topological polar surface area (TPSA) is 116 Å². The summed E-state index contributed by atoms with van der Waals surface area (Å²) in [5.74, 6) is 5.14. The number of fused-ring (bicyclic) bond motifs is 1. The van der Waals surface area contributed by atoms with Crippen LogP contribution in [-0.4, -0.2) is 58.4 Å². The number of aliphatic hydroxyl groups excluding tert-OH is 2. The maximum Gasteiger partial charge on any atom is 0.314 e. The van der Waals surface area contributed by atoms with E-state index in [1.807, 2.05) is 0 Å². The molecule has 61 heavy (non-hydrogen) atoms. The normalized spacial score (nSPS) is 32.8. The monoisotopic (exact) mass is 884 g/mol. The summed E-state index contributed by atoms with van der Waals surface area (Å²) in [7, 11) is 0. The predicted molar refractivity (Wildman–Crippen MR) is 244 cm³/mol. The van der Waals surface area contributed by atoms with E-state index in [0.29, 0.717) is 47.0 Å². The SMILES string of the molecule is [C-]#[N+]C(=C1SC2C(OC(=O)C3CCC(C4CCC(CCCC)CC4)CC3)=CC=C(OC(=O)C3CCC(C4CCC(CCCC)CC4)CC3)C2S1)[C@H](O)OCCCCOC(C)O. The Labute approximate surface area is 376 Å². The number of nitrogens with zero attached hydrogens (tertiary/aromatic N) is 1.